The van der Waals surface area contributed by atoms with Gasteiger partial charge in [0.2, 0.25) is 5.91 Å². The van der Waals surface area contributed by atoms with Crippen molar-refractivity contribution in [1.29, 1.82) is 0 Å². The molecule has 9 heteroatoms. The van der Waals surface area contributed by atoms with E-state index in [9.17, 15) is 9.59 Å². The number of rotatable bonds is 21. The summed E-state index contributed by atoms with van der Waals surface area (Å²) < 4.78 is 26.6. The maximum Gasteiger partial charge on any atom is 0.407 e. The van der Waals surface area contributed by atoms with Crippen LogP contribution < -0.4 is 5.32 Å². The van der Waals surface area contributed by atoms with Gasteiger partial charge in [-0.1, -0.05) is 19.3 Å². The summed E-state index contributed by atoms with van der Waals surface area (Å²) in [6, 6.07) is 0. The quantitative estimate of drug-likeness (QED) is 0.197. The molecule has 2 amide bonds. The summed E-state index contributed by atoms with van der Waals surface area (Å²) in [4.78, 5) is 26.1. The fourth-order valence-electron chi connectivity index (χ4n) is 2.75. The number of alkyl carbamates (subject to hydrolysis) is 1. The number of hydrogen-bond acceptors (Lipinski definition) is 7. The number of nitrogens with zero attached hydrogens (tertiary/aromatic N) is 1. The Labute approximate surface area is 206 Å². The second kappa shape index (κ2) is 21.7. The van der Waals surface area contributed by atoms with E-state index in [-0.39, 0.29) is 5.91 Å². The van der Waals surface area contributed by atoms with Crippen molar-refractivity contribution in [3.05, 3.63) is 0 Å². The predicted molar refractivity (Wildman–Crippen MR) is 132 cm³/mol. The van der Waals surface area contributed by atoms with E-state index in [4.69, 9.17) is 30.1 Å². The third kappa shape index (κ3) is 22.0. The minimum Gasteiger partial charge on any atom is -0.444 e. The van der Waals surface area contributed by atoms with Crippen LogP contribution in [0.1, 0.15) is 59.8 Å². The molecular weight excluding hydrogens is 440 g/mol. The van der Waals surface area contributed by atoms with Gasteiger partial charge in [-0.2, -0.15) is 0 Å². The Morgan fingerprint density at radius 3 is 1.97 bits per heavy atom. The standard InChI is InChI=1S/C25H46N2O7/c1-6-8-13-27(14-10-9-12-26-24(29)34-25(3,4)5)23(28)11-16-31-18-20-33-22-21-32-19-17-30-15-7-2/h2H,6,8-22H2,1,3-5H3,(H,26,29). The van der Waals surface area contributed by atoms with Crippen LogP contribution in [0.5, 0.6) is 0 Å². The van der Waals surface area contributed by atoms with E-state index >= 15 is 0 Å². The number of ether oxygens (including phenoxy) is 5. The second-order valence-corrected chi connectivity index (χ2v) is 8.71. The fraction of sp³-hybridized carbons (Fsp3) is 0.840. The van der Waals surface area contributed by atoms with Crippen LogP contribution in [0.15, 0.2) is 0 Å². The number of hydrogen-bond donors (Lipinski definition) is 1. The van der Waals surface area contributed by atoms with Crippen molar-refractivity contribution in [3.63, 3.8) is 0 Å². The van der Waals surface area contributed by atoms with Gasteiger partial charge >= 0.3 is 6.09 Å². The lowest BCUT2D eigenvalue weighted by Crippen LogP contribution is -2.35. The molecule has 0 rings (SSSR count). The van der Waals surface area contributed by atoms with Crippen molar-refractivity contribution in [1.82, 2.24) is 10.2 Å². The Morgan fingerprint density at radius 2 is 1.41 bits per heavy atom. The highest BCUT2D eigenvalue weighted by atomic mass is 16.6. The molecule has 0 atom stereocenters. The van der Waals surface area contributed by atoms with Gasteiger partial charge in [0.15, 0.2) is 0 Å². The van der Waals surface area contributed by atoms with Gasteiger partial charge < -0.3 is 33.9 Å². The van der Waals surface area contributed by atoms with Gasteiger partial charge in [0.1, 0.15) is 12.2 Å². The van der Waals surface area contributed by atoms with E-state index in [1.807, 2.05) is 25.7 Å². The molecule has 9 nitrogen and oxygen atoms in total. The van der Waals surface area contributed by atoms with Gasteiger partial charge in [-0.3, -0.25) is 4.79 Å². The smallest absolute Gasteiger partial charge is 0.407 e. The molecule has 0 aliphatic rings. The molecule has 0 aromatic rings. The van der Waals surface area contributed by atoms with Crippen molar-refractivity contribution in [2.45, 2.75) is 65.4 Å². The van der Waals surface area contributed by atoms with Crippen LogP contribution in [0.2, 0.25) is 0 Å². The number of nitrogens with one attached hydrogen (secondary N) is 1. The normalized spacial score (nSPS) is 11.1. The highest BCUT2D eigenvalue weighted by Crippen LogP contribution is 2.07. The van der Waals surface area contributed by atoms with Crippen molar-refractivity contribution in [3.8, 4) is 12.3 Å². The van der Waals surface area contributed by atoms with E-state index in [0.29, 0.717) is 72.4 Å². The van der Waals surface area contributed by atoms with Crippen molar-refractivity contribution in [2.24, 2.45) is 0 Å². The third-order valence-electron chi connectivity index (χ3n) is 4.42. The highest BCUT2D eigenvalue weighted by Gasteiger charge is 2.16. The fourth-order valence-corrected chi connectivity index (χ4v) is 2.75. The summed E-state index contributed by atoms with van der Waals surface area (Å²) in [5.41, 5.74) is -0.505. The average molecular weight is 487 g/mol. The molecule has 0 fully saturated rings. The molecule has 34 heavy (non-hydrogen) atoms. The summed E-state index contributed by atoms with van der Waals surface area (Å²) >= 11 is 0. The van der Waals surface area contributed by atoms with Crippen LogP contribution in [0.3, 0.4) is 0 Å². The number of carbonyl (C=O) groups is 2. The van der Waals surface area contributed by atoms with Gasteiger partial charge in [0, 0.05) is 19.6 Å². The first-order chi connectivity index (χ1) is 16.3. The molecule has 0 saturated heterocycles. The van der Waals surface area contributed by atoms with Crippen molar-refractivity contribution < 1.29 is 33.3 Å². The van der Waals surface area contributed by atoms with E-state index in [0.717, 1.165) is 32.2 Å². The topological polar surface area (TPSA) is 95.6 Å². The molecule has 198 valence electrons. The summed E-state index contributed by atoms with van der Waals surface area (Å²) in [6.45, 7) is 13.0. The summed E-state index contributed by atoms with van der Waals surface area (Å²) in [7, 11) is 0. The molecule has 0 radical (unpaired) electrons. The molecule has 0 bridgehead atoms. The zero-order valence-corrected chi connectivity index (χ0v) is 21.7. The molecule has 1 N–H and O–H groups in total. The van der Waals surface area contributed by atoms with E-state index in [1.165, 1.54) is 0 Å². The van der Waals surface area contributed by atoms with Crippen molar-refractivity contribution >= 4 is 12.0 Å². The lowest BCUT2D eigenvalue weighted by molar-refractivity contribution is -0.132. The Morgan fingerprint density at radius 1 is 0.853 bits per heavy atom. The monoisotopic (exact) mass is 486 g/mol. The Hall–Kier alpha value is -1.86. The lowest BCUT2D eigenvalue weighted by atomic mass is 10.2. The molecule has 0 aliphatic carbocycles. The molecule has 0 heterocycles. The number of amides is 2. The molecule has 0 saturated carbocycles. The van der Waals surface area contributed by atoms with Gasteiger partial charge in [0.05, 0.1) is 52.7 Å². The molecule has 0 unspecified atom stereocenters. The van der Waals surface area contributed by atoms with Gasteiger partial charge in [0.25, 0.3) is 0 Å². The van der Waals surface area contributed by atoms with E-state index in [1.54, 1.807) is 0 Å². The van der Waals surface area contributed by atoms with Gasteiger partial charge in [-0.05, 0) is 40.0 Å². The van der Waals surface area contributed by atoms with E-state index < -0.39 is 11.7 Å². The number of unbranched alkanes of at least 4 members (excludes halogenated alkanes) is 2. The van der Waals surface area contributed by atoms with Crippen LogP contribution >= 0.6 is 0 Å². The molecule has 0 aromatic carbocycles. The third-order valence-corrected chi connectivity index (χ3v) is 4.42. The highest BCUT2D eigenvalue weighted by molar-refractivity contribution is 5.76. The Kier molecular flexibility index (Phi) is 20.5. The van der Waals surface area contributed by atoms with Crippen molar-refractivity contribution in [2.75, 3.05) is 72.5 Å². The SMILES string of the molecule is C#CCOCCOCCOCCOCCC(=O)N(CCCC)CCCCNC(=O)OC(C)(C)C. The van der Waals surface area contributed by atoms with Crippen LogP contribution in [0, 0.1) is 12.3 Å². The second-order valence-electron chi connectivity index (χ2n) is 8.71. The molecular formula is C25H46N2O7. The zero-order chi connectivity index (χ0) is 25.5. The Balaban J connectivity index is 3.82. The summed E-state index contributed by atoms with van der Waals surface area (Å²) in [6.07, 6.45) is 8.61. The average Bonchev–Trinajstić information content (AvgIpc) is 2.77. The van der Waals surface area contributed by atoms with Crippen LogP contribution in [-0.4, -0.2) is 95.0 Å². The minimum atomic E-state index is -0.505. The maximum absolute atomic E-state index is 12.6. The first-order valence-electron chi connectivity index (χ1n) is 12.3. The summed E-state index contributed by atoms with van der Waals surface area (Å²) in [5, 5.41) is 2.75. The molecule has 0 aliphatic heterocycles. The lowest BCUT2D eigenvalue weighted by Gasteiger charge is -2.23. The number of carbonyl (C=O) groups excluding carboxylic acids is 2. The molecule has 0 aromatic heterocycles. The molecule has 0 spiro atoms. The largest absolute Gasteiger partial charge is 0.444 e. The van der Waals surface area contributed by atoms with Crippen LogP contribution in [0.25, 0.3) is 0 Å². The zero-order valence-electron chi connectivity index (χ0n) is 21.7. The van der Waals surface area contributed by atoms with Gasteiger partial charge in [-0.15, -0.1) is 6.42 Å². The van der Waals surface area contributed by atoms with Gasteiger partial charge in [-0.25, -0.2) is 4.79 Å². The first-order valence-corrected chi connectivity index (χ1v) is 12.3. The predicted octanol–water partition coefficient (Wildman–Crippen LogP) is 3.01. The summed E-state index contributed by atoms with van der Waals surface area (Å²) in [5.74, 6) is 2.48. The first kappa shape index (κ1) is 32.1. The number of terminal acetylenes is 1. The Bertz CT molecular complexity index is 558. The van der Waals surface area contributed by atoms with Crippen LogP contribution in [0.4, 0.5) is 4.79 Å². The van der Waals surface area contributed by atoms with E-state index in [2.05, 4.69) is 18.2 Å². The maximum atomic E-state index is 12.6. The minimum absolute atomic E-state index is 0.0925. The van der Waals surface area contributed by atoms with Crippen LogP contribution in [-0.2, 0) is 28.5 Å².